The van der Waals surface area contributed by atoms with Crippen molar-refractivity contribution < 1.29 is 38.9 Å². The lowest BCUT2D eigenvalue weighted by atomic mass is 9.98. The van der Waals surface area contributed by atoms with Crippen molar-refractivity contribution in [3.63, 3.8) is 0 Å². The van der Waals surface area contributed by atoms with Crippen LogP contribution in [0.15, 0.2) is 60.7 Å². The van der Waals surface area contributed by atoms with Crippen LogP contribution < -0.4 is 25.4 Å². The smallest absolute Gasteiger partial charge is 0.339 e. The number of benzene rings is 3. The number of aromatic carboxylic acids is 2. The number of urea groups is 1. The van der Waals surface area contributed by atoms with Crippen LogP contribution in [-0.2, 0) is 11.2 Å². The van der Waals surface area contributed by atoms with Gasteiger partial charge in [0.15, 0.2) is 11.9 Å². The fraction of sp³-hybridized carbons (Fsp3) is 0.267. The molecule has 1 aliphatic heterocycles. The first-order chi connectivity index (χ1) is 19.7. The molecule has 0 radical (unpaired) electrons. The minimum atomic E-state index is -1.37. The highest BCUT2D eigenvalue weighted by molar-refractivity contribution is 6.01. The van der Waals surface area contributed by atoms with E-state index in [0.29, 0.717) is 35.7 Å². The standard InChI is InChI=1S/C30H31N3O8/c1-17-6-3-4-7-21(17)32-30(39)33-22-11-9-18(15-26(22)40-2)14-24(34)27(23-8-5-13-31-23)41-25-12-10-19(28(35)36)16-20(25)29(37)38/h3-4,6-7,9-12,15-16,23,27,31H,5,8,13-14H2,1-2H3,(H,35,36)(H,37,38)(H2,32,33,39). The second-order valence-corrected chi connectivity index (χ2v) is 9.63. The molecule has 11 nitrogen and oxygen atoms in total. The Morgan fingerprint density at radius 2 is 1.71 bits per heavy atom. The molecular weight excluding hydrogens is 530 g/mol. The quantitative estimate of drug-likeness (QED) is 0.229. The number of carboxylic acids is 2. The number of aryl methyl sites for hydroxylation is 1. The predicted molar refractivity (Wildman–Crippen MR) is 151 cm³/mol. The first-order valence-corrected chi connectivity index (χ1v) is 13.0. The van der Waals surface area contributed by atoms with E-state index < -0.39 is 24.1 Å². The Morgan fingerprint density at radius 3 is 2.37 bits per heavy atom. The molecule has 1 aliphatic rings. The van der Waals surface area contributed by atoms with Gasteiger partial charge in [-0.15, -0.1) is 0 Å². The summed E-state index contributed by atoms with van der Waals surface area (Å²) < 4.78 is 11.4. The third-order valence-electron chi connectivity index (χ3n) is 6.78. The Labute approximate surface area is 236 Å². The Bertz CT molecular complexity index is 1470. The molecule has 1 saturated heterocycles. The van der Waals surface area contributed by atoms with E-state index in [2.05, 4.69) is 16.0 Å². The number of methoxy groups -OCH3 is 1. The van der Waals surface area contributed by atoms with E-state index in [4.69, 9.17) is 9.47 Å². The summed E-state index contributed by atoms with van der Waals surface area (Å²) in [6.07, 6.45) is 0.397. The first-order valence-electron chi connectivity index (χ1n) is 13.0. The molecule has 2 atom stereocenters. The summed E-state index contributed by atoms with van der Waals surface area (Å²) in [5.74, 6) is -2.68. The highest BCUT2D eigenvalue weighted by Gasteiger charge is 2.33. The number of hydrogen-bond acceptors (Lipinski definition) is 7. The zero-order valence-corrected chi connectivity index (χ0v) is 22.6. The van der Waals surface area contributed by atoms with Gasteiger partial charge in [0.2, 0.25) is 0 Å². The normalized spacial score (nSPS) is 15.0. The van der Waals surface area contributed by atoms with Gasteiger partial charge in [-0.25, -0.2) is 14.4 Å². The van der Waals surface area contributed by atoms with Crippen LogP contribution in [0, 0.1) is 6.92 Å². The molecule has 0 aromatic heterocycles. The topological polar surface area (TPSA) is 163 Å². The number of para-hydroxylation sites is 1. The van der Waals surface area contributed by atoms with Crippen LogP contribution in [0.2, 0.25) is 0 Å². The second kappa shape index (κ2) is 13.0. The molecule has 1 fully saturated rings. The van der Waals surface area contributed by atoms with Gasteiger partial charge in [-0.1, -0.05) is 24.3 Å². The molecule has 3 aromatic rings. The predicted octanol–water partition coefficient (Wildman–Crippen LogP) is 4.36. The Hall–Kier alpha value is -4.90. The van der Waals surface area contributed by atoms with E-state index in [1.54, 1.807) is 24.3 Å². The lowest BCUT2D eigenvalue weighted by molar-refractivity contribution is -0.126. The molecule has 1 heterocycles. The molecule has 2 amide bonds. The Balaban J connectivity index is 1.51. The number of hydrogen-bond donors (Lipinski definition) is 5. The molecule has 3 aromatic carbocycles. The molecule has 0 bridgehead atoms. The summed E-state index contributed by atoms with van der Waals surface area (Å²) in [6, 6.07) is 15.0. The van der Waals surface area contributed by atoms with Crippen LogP contribution >= 0.6 is 0 Å². The van der Waals surface area contributed by atoms with E-state index >= 15 is 0 Å². The van der Waals surface area contributed by atoms with Gasteiger partial charge in [-0.3, -0.25) is 4.79 Å². The largest absolute Gasteiger partial charge is 0.495 e. The summed E-state index contributed by atoms with van der Waals surface area (Å²) in [5.41, 5.74) is 2.03. The van der Waals surface area contributed by atoms with Crippen molar-refractivity contribution >= 4 is 35.1 Å². The van der Waals surface area contributed by atoms with E-state index in [0.717, 1.165) is 18.1 Å². The molecule has 4 rings (SSSR count). The number of nitrogens with one attached hydrogen (secondary N) is 3. The van der Waals surface area contributed by atoms with Gasteiger partial charge in [0.25, 0.3) is 0 Å². The maximum absolute atomic E-state index is 13.5. The van der Waals surface area contributed by atoms with Crippen LogP contribution in [0.25, 0.3) is 0 Å². The number of carboxylic acid groups (broad SMARTS) is 2. The van der Waals surface area contributed by atoms with Gasteiger partial charge >= 0.3 is 18.0 Å². The number of Topliss-reactive ketones (excluding diaryl/α,β-unsaturated/α-hetero) is 1. The van der Waals surface area contributed by atoms with E-state index in [1.165, 1.54) is 19.2 Å². The molecule has 41 heavy (non-hydrogen) atoms. The minimum Gasteiger partial charge on any atom is -0.495 e. The third kappa shape index (κ3) is 7.20. The maximum Gasteiger partial charge on any atom is 0.339 e. The number of carbonyl (C=O) groups is 4. The fourth-order valence-corrected chi connectivity index (χ4v) is 4.65. The van der Waals surface area contributed by atoms with Gasteiger partial charge in [0.05, 0.1) is 24.4 Å². The van der Waals surface area contributed by atoms with Crippen molar-refractivity contribution in [2.24, 2.45) is 0 Å². The number of ketones is 1. The molecule has 0 aliphatic carbocycles. The fourth-order valence-electron chi connectivity index (χ4n) is 4.65. The number of ether oxygens (including phenoxy) is 2. The van der Waals surface area contributed by atoms with Gasteiger partial charge in [-0.05, 0) is 73.8 Å². The van der Waals surface area contributed by atoms with Crippen molar-refractivity contribution in [3.05, 3.63) is 82.9 Å². The van der Waals surface area contributed by atoms with Crippen LogP contribution in [0.1, 0.15) is 44.7 Å². The van der Waals surface area contributed by atoms with Crippen molar-refractivity contribution in [1.29, 1.82) is 0 Å². The van der Waals surface area contributed by atoms with Crippen LogP contribution in [0.4, 0.5) is 16.2 Å². The van der Waals surface area contributed by atoms with E-state index in [9.17, 15) is 29.4 Å². The van der Waals surface area contributed by atoms with Gasteiger partial charge in [-0.2, -0.15) is 0 Å². The monoisotopic (exact) mass is 561 g/mol. The highest BCUT2D eigenvalue weighted by Crippen LogP contribution is 2.28. The Kier molecular flexibility index (Phi) is 9.20. The zero-order chi connectivity index (χ0) is 29.5. The molecule has 2 unspecified atom stereocenters. The second-order valence-electron chi connectivity index (χ2n) is 9.63. The number of rotatable bonds is 11. The summed E-state index contributed by atoms with van der Waals surface area (Å²) in [5, 5.41) is 27.7. The van der Waals surface area contributed by atoms with Crippen molar-refractivity contribution in [2.45, 2.75) is 38.3 Å². The van der Waals surface area contributed by atoms with Gasteiger partial charge in [0, 0.05) is 12.1 Å². The molecular formula is C30H31N3O8. The molecule has 0 spiro atoms. The van der Waals surface area contributed by atoms with Crippen LogP contribution in [0.5, 0.6) is 11.5 Å². The summed E-state index contributed by atoms with van der Waals surface area (Å²) in [7, 11) is 1.45. The zero-order valence-electron chi connectivity index (χ0n) is 22.6. The average Bonchev–Trinajstić information content (AvgIpc) is 3.48. The highest BCUT2D eigenvalue weighted by atomic mass is 16.5. The number of carbonyl (C=O) groups excluding carboxylic acids is 2. The first kappa shape index (κ1) is 29.1. The number of anilines is 2. The molecule has 0 saturated carbocycles. The lowest BCUT2D eigenvalue weighted by Gasteiger charge is -2.25. The Morgan fingerprint density at radius 1 is 0.951 bits per heavy atom. The van der Waals surface area contributed by atoms with E-state index in [-0.39, 0.29) is 35.1 Å². The van der Waals surface area contributed by atoms with Crippen molar-refractivity contribution in [2.75, 3.05) is 24.3 Å². The molecule has 11 heteroatoms. The summed E-state index contributed by atoms with van der Waals surface area (Å²) in [4.78, 5) is 49.3. The lowest BCUT2D eigenvalue weighted by Crippen LogP contribution is -2.45. The molecule has 214 valence electrons. The summed E-state index contributed by atoms with van der Waals surface area (Å²) >= 11 is 0. The SMILES string of the molecule is COc1cc(CC(=O)C(Oc2ccc(C(=O)O)cc2C(=O)O)C2CCCN2)ccc1NC(=O)Nc1ccccc1C. The average molecular weight is 562 g/mol. The molecule has 5 N–H and O–H groups in total. The van der Waals surface area contributed by atoms with Crippen LogP contribution in [0.3, 0.4) is 0 Å². The van der Waals surface area contributed by atoms with E-state index in [1.807, 2.05) is 25.1 Å². The van der Waals surface area contributed by atoms with Crippen molar-refractivity contribution in [3.8, 4) is 11.5 Å². The van der Waals surface area contributed by atoms with Crippen molar-refractivity contribution in [1.82, 2.24) is 5.32 Å². The third-order valence-corrected chi connectivity index (χ3v) is 6.78. The van der Waals surface area contributed by atoms with Gasteiger partial charge in [0.1, 0.15) is 17.1 Å². The summed E-state index contributed by atoms with van der Waals surface area (Å²) in [6.45, 7) is 2.56. The van der Waals surface area contributed by atoms with Gasteiger partial charge < -0.3 is 35.6 Å². The van der Waals surface area contributed by atoms with Crippen LogP contribution in [-0.4, -0.2) is 59.8 Å². The number of amides is 2. The maximum atomic E-state index is 13.5. The minimum absolute atomic E-state index is 0.0511.